The van der Waals surface area contributed by atoms with Gasteiger partial charge in [-0.1, -0.05) is 18.2 Å². The third-order valence-corrected chi connectivity index (χ3v) is 7.94. The number of methoxy groups -OCH3 is 1. The van der Waals surface area contributed by atoms with Crippen molar-refractivity contribution in [3.05, 3.63) is 53.1 Å². The number of carbonyl (C=O) groups is 1. The molecule has 0 spiro atoms. The predicted octanol–water partition coefficient (Wildman–Crippen LogP) is 3.55. The van der Waals surface area contributed by atoms with E-state index in [-0.39, 0.29) is 11.9 Å². The molecule has 7 nitrogen and oxygen atoms in total. The zero-order chi connectivity index (χ0) is 26.3. The van der Waals surface area contributed by atoms with Crippen LogP contribution in [0, 0.1) is 6.92 Å². The van der Waals surface area contributed by atoms with Crippen LogP contribution in [0.1, 0.15) is 62.1 Å². The van der Waals surface area contributed by atoms with Gasteiger partial charge in [0.05, 0.1) is 24.4 Å². The lowest BCUT2D eigenvalue weighted by molar-refractivity contribution is 0.00578. The molecule has 194 valence electrons. The number of rotatable bonds is 6. The second kappa shape index (κ2) is 10.1. The summed E-state index contributed by atoms with van der Waals surface area (Å²) in [6.07, 6.45) is 0. The average Bonchev–Trinajstić information content (AvgIpc) is 3.06. The fraction of sp³-hybridized carbons (Fsp3) is 0.536. The van der Waals surface area contributed by atoms with Crippen LogP contribution in [-0.4, -0.2) is 69.5 Å². The first kappa shape index (κ1) is 26.5. The van der Waals surface area contributed by atoms with Crippen molar-refractivity contribution in [3.63, 3.8) is 0 Å². The monoisotopic (exact) mass is 493 g/mol. The predicted molar refractivity (Wildman–Crippen MR) is 145 cm³/mol. The fourth-order valence-electron chi connectivity index (χ4n) is 4.65. The third kappa shape index (κ3) is 5.26. The van der Waals surface area contributed by atoms with Gasteiger partial charge in [-0.15, -0.1) is 0 Å². The molecule has 0 unspecified atom stereocenters. The minimum atomic E-state index is -0.546. The van der Waals surface area contributed by atoms with Crippen molar-refractivity contribution in [2.24, 2.45) is 0 Å². The number of piperazine rings is 1. The number of benzene rings is 2. The minimum Gasteiger partial charge on any atom is -0.497 e. The molecule has 0 radical (unpaired) electrons. The molecular formula is C28H40BN3O4. The van der Waals surface area contributed by atoms with E-state index in [2.05, 4.69) is 28.2 Å². The van der Waals surface area contributed by atoms with Crippen LogP contribution in [0.4, 0.5) is 5.69 Å². The van der Waals surface area contributed by atoms with Crippen molar-refractivity contribution in [1.82, 2.24) is 10.2 Å². The number of aryl methyl sites for hydroxylation is 1. The third-order valence-electron chi connectivity index (χ3n) is 7.94. The average molecular weight is 493 g/mol. The quantitative estimate of drug-likeness (QED) is 0.622. The Labute approximate surface area is 216 Å². The van der Waals surface area contributed by atoms with Crippen molar-refractivity contribution >= 4 is 24.2 Å². The Morgan fingerprint density at radius 2 is 1.67 bits per heavy atom. The van der Waals surface area contributed by atoms with Crippen molar-refractivity contribution in [1.29, 1.82) is 0 Å². The van der Waals surface area contributed by atoms with E-state index in [4.69, 9.17) is 14.0 Å². The number of hydrogen-bond acceptors (Lipinski definition) is 6. The minimum absolute atomic E-state index is 0.0796. The molecule has 2 aromatic carbocycles. The van der Waals surface area contributed by atoms with Gasteiger partial charge in [-0.25, -0.2) is 0 Å². The highest BCUT2D eigenvalue weighted by Crippen LogP contribution is 2.37. The first-order chi connectivity index (χ1) is 16.9. The maximum Gasteiger partial charge on any atom is 0.498 e. The summed E-state index contributed by atoms with van der Waals surface area (Å²) in [5.41, 5.74) is 3.64. The molecule has 2 aliphatic heterocycles. The van der Waals surface area contributed by atoms with Crippen molar-refractivity contribution < 1.29 is 18.8 Å². The van der Waals surface area contributed by atoms with E-state index in [1.165, 1.54) is 0 Å². The van der Waals surface area contributed by atoms with Crippen LogP contribution < -0.4 is 20.4 Å². The molecule has 2 heterocycles. The van der Waals surface area contributed by atoms with Gasteiger partial charge in [0.15, 0.2) is 0 Å². The molecule has 8 heteroatoms. The van der Waals surface area contributed by atoms with Gasteiger partial charge in [-0.2, -0.15) is 0 Å². The van der Waals surface area contributed by atoms with Gasteiger partial charge in [0.25, 0.3) is 5.91 Å². The zero-order valence-electron chi connectivity index (χ0n) is 23.0. The first-order valence-corrected chi connectivity index (χ1v) is 12.8. The van der Waals surface area contributed by atoms with Crippen molar-refractivity contribution in [2.75, 3.05) is 45.2 Å². The summed E-state index contributed by atoms with van der Waals surface area (Å²) in [5.74, 6) is 0.621. The van der Waals surface area contributed by atoms with Crippen LogP contribution in [0.5, 0.6) is 5.75 Å². The van der Waals surface area contributed by atoms with Gasteiger partial charge in [0, 0.05) is 42.9 Å². The Morgan fingerprint density at radius 1 is 1.03 bits per heavy atom. The molecule has 36 heavy (non-hydrogen) atoms. The summed E-state index contributed by atoms with van der Waals surface area (Å²) in [4.78, 5) is 18.0. The Hall–Kier alpha value is -2.55. The van der Waals surface area contributed by atoms with Crippen LogP contribution in [0.25, 0.3) is 0 Å². The highest BCUT2D eigenvalue weighted by atomic mass is 16.7. The topological polar surface area (TPSA) is 63.3 Å². The maximum atomic E-state index is 13.4. The molecule has 2 aromatic rings. The van der Waals surface area contributed by atoms with Gasteiger partial charge < -0.3 is 29.2 Å². The molecule has 0 aliphatic carbocycles. The summed E-state index contributed by atoms with van der Waals surface area (Å²) in [7, 11) is 3.24. The molecule has 1 atom stereocenters. The number of likely N-dealkylation sites (N-methyl/N-ethyl adjacent to an activating group) is 1. The number of ether oxygens (including phenoxy) is 1. The highest BCUT2D eigenvalue weighted by Gasteiger charge is 2.52. The standard InChI is InChI=1S/C28H40BN3O4/c1-19-9-11-22(32-15-13-31(7)14-16-32)18-23(19)26(33)30-20(2)21-10-12-25(34-8)24(17-21)29-35-27(3,4)28(5,6)36-29/h9-12,17-18,20H,13-16H2,1-8H3,(H,30,33)/t20-/m1/s1. The van der Waals surface area contributed by atoms with E-state index < -0.39 is 18.3 Å². The van der Waals surface area contributed by atoms with Gasteiger partial charge >= 0.3 is 7.12 Å². The number of anilines is 1. The van der Waals surface area contributed by atoms with Crippen LogP contribution in [0.15, 0.2) is 36.4 Å². The highest BCUT2D eigenvalue weighted by molar-refractivity contribution is 6.63. The second-order valence-corrected chi connectivity index (χ2v) is 11.1. The smallest absolute Gasteiger partial charge is 0.497 e. The normalized spacial score (nSPS) is 20.3. The summed E-state index contributed by atoms with van der Waals surface area (Å²) in [6, 6.07) is 11.9. The largest absolute Gasteiger partial charge is 0.498 e. The molecule has 0 bridgehead atoms. The number of amides is 1. The van der Waals surface area contributed by atoms with Crippen molar-refractivity contribution in [2.45, 2.75) is 58.8 Å². The number of nitrogens with zero attached hydrogens (tertiary/aromatic N) is 2. The molecule has 1 amide bonds. The van der Waals surface area contributed by atoms with Crippen molar-refractivity contribution in [3.8, 4) is 5.75 Å². The number of nitrogens with one attached hydrogen (secondary N) is 1. The first-order valence-electron chi connectivity index (χ1n) is 12.8. The molecular weight excluding hydrogens is 453 g/mol. The van der Waals surface area contributed by atoms with E-state index in [1.54, 1.807) is 7.11 Å². The van der Waals surface area contributed by atoms with Crippen LogP contribution in [0.2, 0.25) is 0 Å². The SMILES string of the molecule is COc1ccc([C@@H](C)NC(=O)c2cc(N3CCN(C)CC3)ccc2C)cc1B1OC(C)(C)C(C)(C)O1. The number of hydrogen-bond donors (Lipinski definition) is 1. The Bertz CT molecular complexity index is 1100. The van der Waals surface area contributed by atoms with Gasteiger partial charge in [-0.05, 0) is 77.9 Å². The van der Waals surface area contributed by atoms with Gasteiger partial charge in [-0.3, -0.25) is 4.79 Å². The Morgan fingerprint density at radius 3 is 2.28 bits per heavy atom. The maximum absolute atomic E-state index is 13.4. The van der Waals surface area contributed by atoms with E-state index in [9.17, 15) is 4.79 Å². The summed E-state index contributed by atoms with van der Waals surface area (Å²) < 4.78 is 18.2. The fourth-order valence-corrected chi connectivity index (χ4v) is 4.65. The molecule has 2 fully saturated rings. The van der Waals surface area contributed by atoms with Crippen LogP contribution >= 0.6 is 0 Å². The van der Waals surface area contributed by atoms with E-state index >= 15 is 0 Å². The Kier molecular flexibility index (Phi) is 7.42. The van der Waals surface area contributed by atoms with Gasteiger partial charge in [0.1, 0.15) is 5.75 Å². The van der Waals surface area contributed by atoms with Gasteiger partial charge in [0.2, 0.25) is 0 Å². The second-order valence-electron chi connectivity index (χ2n) is 11.1. The van der Waals surface area contributed by atoms with E-state index in [0.717, 1.165) is 48.5 Å². The lowest BCUT2D eigenvalue weighted by atomic mass is 9.77. The Balaban J connectivity index is 1.53. The lowest BCUT2D eigenvalue weighted by Crippen LogP contribution is -2.44. The molecule has 2 aliphatic rings. The summed E-state index contributed by atoms with van der Waals surface area (Å²) in [6.45, 7) is 16.1. The van der Waals surface area contributed by atoms with E-state index in [1.807, 2.05) is 71.9 Å². The zero-order valence-corrected chi connectivity index (χ0v) is 23.0. The molecule has 0 saturated carbocycles. The molecule has 2 saturated heterocycles. The van der Waals surface area contributed by atoms with Crippen LogP contribution in [-0.2, 0) is 9.31 Å². The van der Waals surface area contributed by atoms with Crippen LogP contribution in [0.3, 0.4) is 0 Å². The molecule has 4 rings (SSSR count). The number of carbonyl (C=O) groups excluding carboxylic acids is 1. The molecule has 1 N–H and O–H groups in total. The summed E-state index contributed by atoms with van der Waals surface area (Å²) >= 11 is 0. The lowest BCUT2D eigenvalue weighted by Gasteiger charge is -2.34. The summed E-state index contributed by atoms with van der Waals surface area (Å²) in [5, 5.41) is 3.19. The van der Waals surface area contributed by atoms with E-state index in [0.29, 0.717) is 11.3 Å². The molecule has 0 aromatic heterocycles.